The SMILES string of the molecule is O=C(O)CCCC=CC[C@@H]1[C@@H](COc2cccc(C(F)(F)F)c2)[C@H](O)C[C@H]1Cl. The fourth-order valence-corrected chi connectivity index (χ4v) is 3.86. The number of ether oxygens (including phenoxy) is 1. The zero-order chi connectivity index (χ0) is 20.7. The lowest BCUT2D eigenvalue weighted by molar-refractivity contribution is -0.138. The monoisotopic (exact) mass is 420 g/mol. The number of benzene rings is 1. The average Bonchev–Trinajstić information content (AvgIpc) is 2.88. The summed E-state index contributed by atoms with van der Waals surface area (Å²) >= 11 is 6.34. The molecule has 0 aliphatic heterocycles. The number of aliphatic carboxylic acids is 1. The molecule has 0 radical (unpaired) electrons. The van der Waals surface area contributed by atoms with Gasteiger partial charge < -0.3 is 14.9 Å². The number of carboxylic acid groups (broad SMARTS) is 1. The number of carbonyl (C=O) groups is 1. The Morgan fingerprint density at radius 2 is 2.04 bits per heavy atom. The maximum absolute atomic E-state index is 12.8. The molecular weight excluding hydrogens is 397 g/mol. The van der Waals surface area contributed by atoms with Crippen LogP contribution < -0.4 is 4.74 Å². The van der Waals surface area contributed by atoms with Crippen molar-refractivity contribution in [3.8, 4) is 5.75 Å². The topological polar surface area (TPSA) is 66.8 Å². The smallest absolute Gasteiger partial charge is 0.416 e. The van der Waals surface area contributed by atoms with Crippen molar-refractivity contribution in [2.24, 2.45) is 11.8 Å². The van der Waals surface area contributed by atoms with Crippen molar-refractivity contribution in [3.05, 3.63) is 42.0 Å². The molecule has 0 bridgehead atoms. The van der Waals surface area contributed by atoms with Crippen LogP contribution in [0.25, 0.3) is 0 Å². The molecule has 1 aliphatic rings. The molecule has 0 heterocycles. The molecule has 8 heteroatoms. The second-order valence-corrected chi connectivity index (χ2v) is 7.54. The largest absolute Gasteiger partial charge is 0.493 e. The predicted octanol–water partition coefficient (Wildman–Crippen LogP) is 4.89. The summed E-state index contributed by atoms with van der Waals surface area (Å²) in [5.41, 5.74) is -0.784. The van der Waals surface area contributed by atoms with Crippen LogP contribution >= 0.6 is 11.6 Å². The molecule has 1 aromatic rings. The van der Waals surface area contributed by atoms with Gasteiger partial charge in [-0.25, -0.2) is 0 Å². The summed E-state index contributed by atoms with van der Waals surface area (Å²) in [5.74, 6) is -1.10. The second-order valence-electron chi connectivity index (χ2n) is 6.98. The number of aliphatic hydroxyl groups excluding tert-OH is 1. The first-order chi connectivity index (χ1) is 13.2. The van der Waals surface area contributed by atoms with Crippen molar-refractivity contribution in [1.82, 2.24) is 0 Å². The summed E-state index contributed by atoms with van der Waals surface area (Å²) in [7, 11) is 0. The zero-order valence-corrected chi connectivity index (χ0v) is 16.0. The molecular formula is C20H24ClF3O4. The van der Waals surface area contributed by atoms with E-state index in [9.17, 15) is 23.1 Å². The molecule has 1 saturated carbocycles. The van der Waals surface area contributed by atoms with Crippen molar-refractivity contribution < 1.29 is 32.9 Å². The fraction of sp³-hybridized carbons (Fsp3) is 0.550. The van der Waals surface area contributed by atoms with Gasteiger partial charge in [0.2, 0.25) is 0 Å². The van der Waals surface area contributed by atoms with Gasteiger partial charge in [0.05, 0.1) is 18.3 Å². The molecule has 0 spiro atoms. The van der Waals surface area contributed by atoms with Gasteiger partial charge in [-0.2, -0.15) is 13.2 Å². The molecule has 4 atom stereocenters. The van der Waals surface area contributed by atoms with Crippen LogP contribution in [0.2, 0.25) is 0 Å². The van der Waals surface area contributed by atoms with Crippen LogP contribution in [-0.4, -0.2) is 34.3 Å². The number of allylic oxidation sites excluding steroid dienone is 2. The van der Waals surface area contributed by atoms with Crippen LogP contribution in [0.1, 0.15) is 37.7 Å². The lowest BCUT2D eigenvalue weighted by atomic mass is 9.92. The molecule has 0 saturated heterocycles. The van der Waals surface area contributed by atoms with E-state index < -0.39 is 23.8 Å². The Balaban J connectivity index is 1.91. The number of aliphatic hydroxyl groups is 1. The second kappa shape index (κ2) is 10.2. The summed E-state index contributed by atoms with van der Waals surface area (Å²) < 4.78 is 43.9. The van der Waals surface area contributed by atoms with Crippen LogP contribution in [0.5, 0.6) is 5.75 Å². The van der Waals surface area contributed by atoms with Gasteiger partial charge >= 0.3 is 12.1 Å². The van der Waals surface area contributed by atoms with Gasteiger partial charge in [-0.15, -0.1) is 11.6 Å². The van der Waals surface area contributed by atoms with Crippen molar-refractivity contribution >= 4 is 17.6 Å². The molecule has 2 N–H and O–H groups in total. The first-order valence-corrected chi connectivity index (χ1v) is 9.61. The fourth-order valence-electron chi connectivity index (χ4n) is 3.39. The third-order valence-electron chi connectivity index (χ3n) is 4.92. The molecule has 2 rings (SSSR count). The number of carboxylic acids is 1. The number of hydrogen-bond donors (Lipinski definition) is 2. The minimum atomic E-state index is -4.44. The van der Waals surface area contributed by atoms with Gasteiger partial charge in [0.1, 0.15) is 5.75 Å². The molecule has 0 aromatic heterocycles. The molecule has 1 aliphatic carbocycles. The number of halogens is 4. The highest BCUT2D eigenvalue weighted by Crippen LogP contribution is 2.39. The number of rotatable bonds is 9. The van der Waals surface area contributed by atoms with Crippen molar-refractivity contribution in [1.29, 1.82) is 0 Å². The van der Waals surface area contributed by atoms with Crippen LogP contribution in [0, 0.1) is 11.8 Å². The van der Waals surface area contributed by atoms with E-state index in [1.54, 1.807) is 0 Å². The van der Waals surface area contributed by atoms with E-state index in [1.807, 2.05) is 12.2 Å². The Labute approximate surface area is 167 Å². The van der Waals surface area contributed by atoms with Crippen LogP contribution in [0.3, 0.4) is 0 Å². The van der Waals surface area contributed by atoms with Crippen molar-refractivity contribution in [3.63, 3.8) is 0 Å². The quantitative estimate of drug-likeness (QED) is 0.339. The van der Waals surface area contributed by atoms with Gasteiger partial charge in [-0.3, -0.25) is 4.79 Å². The molecule has 1 aromatic carbocycles. The molecule has 4 nitrogen and oxygen atoms in total. The Morgan fingerprint density at radius 1 is 1.29 bits per heavy atom. The first-order valence-electron chi connectivity index (χ1n) is 9.17. The zero-order valence-electron chi connectivity index (χ0n) is 15.2. The summed E-state index contributed by atoms with van der Waals surface area (Å²) in [6, 6.07) is 4.65. The number of unbranched alkanes of at least 4 members (excludes halogenated alkanes) is 1. The van der Waals surface area contributed by atoms with E-state index in [-0.39, 0.29) is 36.0 Å². The van der Waals surface area contributed by atoms with Gasteiger partial charge in [-0.05, 0) is 49.8 Å². The summed E-state index contributed by atoms with van der Waals surface area (Å²) in [6.45, 7) is 0.0726. The Morgan fingerprint density at radius 3 is 2.71 bits per heavy atom. The van der Waals surface area contributed by atoms with E-state index in [4.69, 9.17) is 21.4 Å². The highest BCUT2D eigenvalue weighted by Gasteiger charge is 2.41. The lowest BCUT2D eigenvalue weighted by Gasteiger charge is -2.23. The van der Waals surface area contributed by atoms with Crippen molar-refractivity contribution in [2.45, 2.75) is 49.8 Å². The van der Waals surface area contributed by atoms with Gasteiger partial charge in [0.15, 0.2) is 0 Å². The standard InChI is InChI=1S/C20H24ClF3O4/c21-17-11-18(25)16(15(17)8-3-1-2-4-9-19(26)27)12-28-14-7-5-6-13(10-14)20(22,23)24/h1,3,5-7,10,15-18,25H,2,4,8-9,11-12H2,(H,26,27)/t15-,16-,17-,18-/m1/s1. The van der Waals surface area contributed by atoms with E-state index in [1.165, 1.54) is 12.1 Å². The van der Waals surface area contributed by atoms with E-state index in [0.29, 0.717) is 25.7 Å². The van der Waals surface area contributed by atoms with Gasteiger partial charge in [-0.1, -0.05) is 18.2 Å². The Bertz CT molecular complexity index is 678. The molecule has 0 unspecified atom stereocenters. The summed E-state index contributed by atoms with van der Waals surface area (Å²) in [6.07, 6.45) is 0.966. The lowest BCUT2D eigenvalue weighted by Crippen LogP contribution is -2.27. The van der Waals surface area contributed by atoms with Crippen LogP contribution in [0.15, 0.2) is 36.4 Å². The molecule has 28 heavy (non-hydrogen) atoms. The summed E-state index contributed by atoms with van der Waals surface area (Å²) in [5, 5.41) is 18.6. The average molecular weight is 421 g/mol. The highest BCUT2D eigenvalue weighted by molar-refractivity contribution is 6.21. The van der Waals surface area contributed by atoms with Crippen LogP contribution in [-0.2, 0) is 11.0 Å². The maximum Gasteiger partial charge on any atom is 0.416 e. The van der Waals surface area contributed by atoms with Crippen LogP contribution in [0.4, 0.5) is 13.2 Å². The molecule has 1 fully saturated rings. The predicted molar refractivity (Wildman–Crippen MR) is 99.4 cm³/mol. The third-order valence-corrected chi connectivity index (χ3v) is 5.42. The van der Waals surface area contributed by atoms with Gasteiger partial charge in [0, 0.05) is 17.7 Å². The summed E-state index contributed by atoms with van der Waals surface area (Å²) in [4.78, 5) is 10.5. The van der Waals surface area contributed by atoms with E-state index in [0.717, 1.165) is 12.1 Å². The van der Waals surface area contributed by atoms with E-state index in [2.05, 4.69) is 0 Å². The minimum absolute atomic E-state index is 0.0711. The van der Waals surface area contributed by atoms with E-state index >= 15 is 0 Å². The highest BCUT2D eigenvalue weighted by atomic mass is 35.5. The molecule has 156 valence electrons. The Kier molecular flexibility index (Phi) is 8.19. The maximum atomic E-state index is 12.8. The number of alkyl halides is 4. The third kappa shape index (κ3) is 6.71. The molecule has 0 amide bonds. The Hall–Kier alpha value is -1.73. The first kappa shape index (κ1) is 22.6. The van der Waals surface area contributed by atoms with Gasteiger partial charge in [0.25, 0.3) is 0 Å². The minimum Gasteiger partial charge on any atom is -0.493 e. The normalized spacial score (nSPS) is 25.3. The number of hydrogen-bond acceptors (Lipinski definition) is 3. The van der Waals surface area contributed by atoms with Crippen molar-refractivity contribution in [2.75, 3.05) is 6.61 Å².